The zero-order valence-corrected chi connectivity index (χ0v) is 20.7. The van der Waals surface area contributed by atoms with Gasteiger partial charge in [0, 0.05) is 11.6 Å². The first-order valence-electron chi connectivity index (χ1n) is 13.0. The van der Waals surface area contributed by atoms with Gasteiger partial charge in [0.15, 0.2) is 5.78 Å². The first-order valence-corrected chi connectivity index (χ1v) is 13.0. The lowest BCUT2D eigenvalue weighted by Crippen LogP contribution is -2.09. The van der Waals surface area contributed by atoms with Gasteiger partial charge >= 0.3 is 0 Å². The molecular formula is C29H43NO3. The number of anilines is 1. The molecule has 4 nitrogen and oxygen atoms in total. The van der Waals surface area contributed by atoms with Crippen molar-refractivity contribution < 1.29 is 14.3 Å². The molecule has 0 saturated heterocycles. The normalized spacial score (nSPS) is 10.8. The maximum absolute atomic E-state index is 13.1. The molecule has 0 radical (unpaired) electrons. The predicted octanol–water partition coefficient (Wildman–Crippen LogP) is 7.98. The summed E-state index contributed by atoms with van der Waals surface area (Å²) in [6.45, 7) is 5.66. The van der Waals surface area contributed by atoms with Gasteiger partial charge in [-0.25, -0.2) is 0 Å². The van der Waals surface area contributed by atoms with E-state index < -0.39 is 0 Å². The molecule has 2 aromatic rings. The van der Waals surface area contributed by atoms with Gasteiger partial charge < -0.3 is 15.2 Å². The average molecular weight is 454 g/mol. The molecular weight excluding hydrogens is 410 g/mol. The molecule has 0 aromatic heterocycles. The number of hydrogen-bond donors (Lipinski definition) is 1. The van der Waals surface area contributed by atoms with Crippen molar-refractivity contribution in [1.29, 1.82) is 0 Å². The Morgan fingerprint density at radius 3 is 1.79 bits per heavy atom. The maximum atomic E-state index is 13.1. The Morgan fingerprint density at radius 2 is 1.21 bits per heavy atom. The minimum atomic E-state index is -0.0808. The lowest BCUT2D eigenvalue weighted by atomic mass is 10.0. The second-order valence-corrected chi connectivity index (χ2v) is 8.81. The number of unbranched alkanes of at least 4 members (excludes halogenated alkanes) is 10. The summed E-state index contributed by atoms with van der Waals surface area (Å²) in [6, 6.07) is 12.8. The maximum Gasteiger partial charge on any atom is 0.196 e. The third kappa shape index (κ3) is 9.89. The summed E-state index contributed by atoms with van der Waals surface area (Å²) in [7, 11) is 0. The number of carbonyl (C=O) groups excluding carboxylic acids is 1. The Morgan fingerprint density at radius 1 is 0.697 bits per heavy atom. The molecule has 2 N–H and O–H groups in total. The monoisotopic (exact) mass is 453 g/mol. The minimum absolute atomic E-state index is 0.0808. The summed E-state index contributed by atoms with van der Waals surface area (Å²) in [5, 5.41) is 0. The second-order valence-electron chi connectivity index (χ2n) is 8.81. The molecule has 2 rings (SSSR count). The Kier molecular flexibility index (Phi) is 13.1. The SMILES string of the molecule is CCCCCCCCOc1cc(OCCCCCCCC)c(C(=O)c2ccccc2)cc1N. The van der Waals surface area contributed by atoms with E-state index in [2.05, 4.69) is 13.8 Å². The van der Waals surface area contributed by atoms with Crippen LogP contribution in [0.25, 0.3) is 0 Å². The smallest absolute Gasteiger partial charge is 0.196 e. The van der Waals surface area contributed by atoms with Gasteiger partial charge in [0.25, 0.3) is 0 Å². The van der Waals surface area contributed by atoms with E-state index in [1.165, 1.54) is 51.4 Å². The van der Waals surface area contributed by atoms with Crippen LogP contribution in [0.1, 0.15) is 107 Å². The molecule has 0 atom stereocenters. The van der Waals surface area contributed by atoms with Crippen LogP contribution in [-0.4, -0.2) is 19.0 Å². The number of nitrogen functional groups attached to an aromatic ring is 1. The van der Waals surface area contributed by atoms with Gasteiger partial charge in [0.2, 0.25) is 0 Å². The van der Waals surface area contributed by atoms with Crippen molar-refractivity contribution in [3.05, 3.63) is 53.6 Å². The number of nitrogens with two attached hydrogens (primary N) is 1. The number of ether oxygens (including phenoxy) is 2. The van der Waals surface area contributed by atoms with Crippen molar-refractivity contribution in [3.63, 3.8) is 0 Å². The highest BCUT2D eigenvalue weighted by atomic mass is 16.5. The van der Waals surface area contributed by atoms with Crippen molar-refractivity contribution in [2.75, 3.05) is 18.9 Å². The van der Waals surface area contributed by atoms with Crippen LogP contribution in [0.4, 0.5) is 5.69 Å². The number of benzene rings is 2. The van der Waals surface area contributed by atoms with E-state index in [1.807, 2.05) is 30.3 Å². The van der Waals surface area contributed by atoms with Gasteiger partial charge in [-0.3, -0.25) is 4.79 Å². The molecule has 0 saturated carbocycles. The lowest BCUT2D eigenvalue weighted by Gasteiger charge is -2.16. The highest BCUT2D eigenvalue weighted by molar-refractivity contribution is 6.11. The van der Waals surface area contributed by atoms with Crippen LogP contribution < -0.4 is 15.2 Å². The predicted molar refractivity (Wildman–Crippen MR) is 138 cm³/mol. The third-order valence-electron chi connectivity index (χ3n) is 5.90. The Balaban J connectivity index is 2.02. The standard InChI is InChI=1S/C29H43NO3/c1-3-5-7-9-11-16-20-32-27-23-28(33-21-17-12-10-8-6-4-2)26(30)22-25(27)29(31)24-18-14-13-15-19-24/h13-15,18-19,22-23H,3-12,16-17,20-21,30H2,1-2H3. The Labute approximate surface area is 200 Å². The zero-order valence-electron chi connectivity index (χ0n) is 20.7. The summed E-state index contributed by atoms with van der Waals surface area (Å²) in [5.74, 6) is 1.08. The first kappa shape index (κ1) is 26.8. The van der Waals surface area contributed by atoms with E-state index in [-0.39, 0.29) is 5.78 Å². The largest absolute Gasteiger partial charge is 0.493 e. The van der Waals surface area contributed by atoms with Crippen LogP contribution in [0.3, 0.4) is 0 Å². The fraction of sp³-hybridized carbons (Fsp3) is 0.552. The summed E-state index contributed by atoms with van der Waals surface area (Å²) in [4.78, 5) is 13.1. The van der Waals surface area contributed by atoms with Crippen LogP contribution in [-0.2, 0) is 0 Å². The van der Waals surface area contributed by atoms with Gasteiger partial charge in [-0.05, 0) is 18.9 Å². The van der Waals surface area contributed by atoms with Crippen LogP contribution in [0.15, 0.2) is 42.5 Å². The topological polar surface area (TPSA) is 61.5 Å². The molecule has 0 spiro atoms. The molecule has 0 bridgehead atoms. The van der Waals surface area contributed by atoms with E-state index in [0.717, 1.165) is 25.7 Å². The number of rotatable bonds is 18. The molecule has 0 amide bonds. The van der Waals surface area contributed by atoms with E-state index in [4.69, 9.17) is 15.2 Å². The number of hydrogen-bond acceptors (Lipinski definition) is 4. The summed E-state index contributed by atoms with van der Waals surface area (Å²) >= 11 is 0. The third-order valence-corrected chi connectivity index (χ3v) is 5.90. The molecule has 4 heteroatoms. The molecule has 0 fully saturated rings. The van der Waals surface area contributed by atoms with Crippen LogP contribution in [0.2, 0.25) is 0 Å². The highest BCUT2D eigenvalue weighted by Crippen LogP contribution is 2.33. The van der Waals surface area contributed by atoms with E-state index in [0.29, 0.717) is 41.5 Å². The summed E-state index contributed by atoms with van der Waals surface area (Å²) < 4.78 is 12.1. The lowest BCUT2D eigenvalue weighted by molar-refractivity contribution is 0.103. The minimum Gasteiger partial charge on any atom is -0.493 e. The zero-order chi connectivity index (χ0) is 23.7. The number of carbonyl (C=O) groups is 1. The summed E-state index contributed by atoms with van der Waals surface area (Å²) in [5.41, 5.74) is 7.88. The van der Waals surface area contributed by atoms with Crippen LogP contribution in [0.5, 0.6) is 11.5 Å². The number of ketones is 1. The second kappa shape index (κ2) is 16.2. The van der Waals surface area contributed by atoms with Crippen molar-refractivity contribution >= 4 is 11.5 Å². The van der Waals surface area contributed by atoms with E-state index >= 15 is 0 Å². The molecule has 2 aromatic carbocycles. The molecule has 0 aliphatic carbocycles. The Hall–Kier alpha value is -2.49. The molecule has 0 aliphatic rings. The first-order chi connectivity index (χ1) is 16.2. The van der Waals surface area contributed by atoms with Crippen molar-refractivity contribution in [2.24, 2.45) is 0 Å². The highest BCUT2D eigenvalue weighted by Gasteiger charge is 2.18. The fourth-order valence-electron chi connectivity index (χ4n) is 3.87. The van der Waals surface area contributed by atoms with Crippen LogP contribution >= 0.6 is 0 Å². The molecule has 33 heavy (non-hydrogen) atoms. The van der Waals surface area contributed by atoms with Gasteiger partial charge in [-0.2, -0.15) is 0 Å². The average Bonchev–Trinajstić information content (AvgIpc) is 2.84. The van der Waals surface area contributed by atoms with Crippen LogP contribution in [0, 0.1) is 0 Å². The fourth-order valence-corrected chi connectivity index (χ4v) is 3.87. The quantitative estimate of drug-likeness (QED) is 0.141. The Bertz CT molecular complexity index is 804. The van der Waals surface area contributed by atoms with Gasteiger partial charge in [-0.15, -0.1) is 0 Å². The van der Waals surface area contributed by atoms with Gasteiger partial charge in [0.05, 0.1) is 24.5 Å². The van der Waals surface area contributed by atoms with E-state index in [9.17, 15) is 4.79 Å². The van der Waals surface area contributed by atoms with Gasteiger partial charge in [0.1, 0.15) is 11.5 Å². The van der Waals surface area contributed by atoms with Gasteiger partial charge in [-0.1, -0.05) is 108 Å². The van der Waals surface area contributed by atoms with Crippen molar-refractivity contribution in [2.45, 2.75) is 90.9 Å². The van der Waals surface area contributed by atoms with Crippen molar-refractivity contribution in [1.82, 2.24) is 0 Å². The molecule has 0 aliphatic heterocycles. The molecule has 0 heterocycles. The summed E-state index contributed by atoms with van der Waals surface area (Å²) in [6.07, 6.45) is 14.4. The molecule has 182 valence electrons. The molecule has 0 unspecified atom stereocenters. The van der Waals surface area contributed by atoms with E-state index in [1.54, 1.807) is 12.1 Å². The van der Waals surface area contributed by atoms with Crippen molar-refractivity contribution in [3.8, 4) is 11.5 Å².